The van der Waals surface area contributed by atoms with Crippen molar-refractivity contribution in [2.45, 2.75) is 84.5 Å². The second-order valence-corrected chi connectivity index (χ2v) is 10.8. The first-order valence-electron chi connectivity index (χ1n) is 7.90. The van der Waals surface area contributed by atoms with Gasteiger partial charge in [-0.1, -0.05) is 41.0 Å². The molecule has 0 aromatic carbocycles. The standard InChI is InChI=1S/C16H34O2Si/c1-8-12-11(2)13(9-10-14(12)17)16(6,7)18-19-15(3,4)5/h11-14,17H,8-10,19H2,1-7H3. The Balaban J connectivity index is 2.71. The lowest BCUT2D eigenvalue weighted by molar-refractivity contribution is -0.0650. The third-order valence-electron chi connectivity index (χ3n) is 4.82. The highest BCUT2D eigenvalue weighted by atomic mass is 28.2. The van der Waals surface area contributed by atoms with E-state index in [0.29, 0.717) is 22.8 Å². The van der Waals surface area contributed by atoms with Gasteiger partial charge in [0.1, 0.15) is 0 Å². The molecule has 0 spiro atoms. The van der Waals surface area contributed by atoms with E-state index >= 15 is 0 Å². The van der Waals surface area contributed by atoms with Gasteiger partial charge in [0.05, 0.1) is 11.7 Å². The maximum atomic E-state index is 10.1. The fraction of sp³-hybridized carbons (Fsp3) is 1.00. The number of aliphatic hydroxyl groups is 1. The molecular formula is C16H34O2Si. The molecule has 0 bridgehead atoms. The fourth-order valence-electron chi connectivity index (χ4n) is 3.61. The van der Waals surface area contributed by atoms with Crippen molar-refractivity contribution in [2.24, 2.45) is 17.8 Å². The Labute approximate surface area is 122 Å². The van der Waals surface area contributed by atoms with Gasteiger partial charge in [0, 0.05) is 0 Å². The highest BCUT2D eigenvalue weighted by molar-refractivity contribution is 6.31. The summed E-state index contributed by atoms with van der Waals surface area (Å²) in [7, 11) is -0.521. The van der Waals surface area contributed by atoms with Gasteiger partial charge >= 0.3 is 0 Å². The molecule has 0 aromatic rings. The number of hydrogen-bond acceptors (Lipinski definition) is 2. The zero-order chi connectivity index (χ0) is 14.8. The van der Waals surface area contributed by atoms with E-state index in [1.54, 1.807) is 0 Å². The van der Waals surface area contributed by atoms with E-state index in [9.17, 15) is 5.11 Å². The molecule has 0 radical (unpaired) electrons. The zero-order valence-corrected chi connectivity index (χ0v) is 15.4. The zero-order valence-electron chi connectivity index (χ0n) is 14.0. The summed E-state index contributed by atoms with van der Waals surface area (Å²) in [6.45, 7) is 15.9. The van der Waals surface area contributed by atoms with Gasteiger partial charge in [-0.2, -0.15) is 0 Å². The monoisotopic (exact) mass is 286 g/mol. The van der Waals surface area contributed by atoms with Crippen LogP contribution < -0.4 is 0 Å². The summed E-state index contributed by atoms with van der Waals surface area (Å²) in [5.41, 5.74) is -0.0352. The molecule has 0 heterocycles. The number of hydrogen-bond donors (Lipinski definition) is 1. The molecular weight excluding hydrogens is 252 g/mol. The third kappa shape index (κ3) is 4.57. The van der Waals surface area contributed by atoms with Crippen molar-refractivity contribution in [3.05, 3.63) is 0 Å². The lowest BCUT2D eigenvalue weighted by Crippen LogP contribution is -2.47. The topological polar surface area (TPSA) is 29.5 Å². The molecule has 114 valence electrons. The van der Waals surface area contributed by atoms with Crippen molar-refractivity contribution in [2.75, 3.05) is 0 Å². The molecule has 1 saturated carbocycles. The van der Waals surface area contributed by atoms with Gasteiger partial charge in [0.25, 0.3) is 0 Å². The predicted octanol–water partition coefficient (Wildman–Crippen LogP) is 3.52. The Morgan fingerprint density at radius 2 is 1.74 bits per heavy atom. The molecule has 19 heavy (non-hydrogen) atoms. The van der Waals surface area contributed by atoms with Crippen LogP contribution in [0.2, 0.25) is 5.04 Å². The van der Waals surface area contributed by atoms with Crippen LogP contribution >= 0.6 is 0 Å². The maximum absolute atomic E-state index is 10.1. The lowest BCUT2D eigenvalue weighted by atomic mass is 9.65. The van der Waals surface area contributed by atoms with E-state index in [1.165, 1.54) is 0 Å². The van der Waals surface area contributed by atoms with Crippen LogP contribution in [-0.2, 0) is 4.43 Å². The van der Waals surface area contributed by atoms with Crippen LogP contribution in [0.3, 0.4) is 0 Å². The molecule has 1 fully saturated rings. The highest BCUT2D eigenvalue weighted by Gasteiger charge is 2.42. The first kappa shape index (κ1) is 17.2. The van der Waals surface area contributed by atoms with Gasteiger partial charge in [-0.15, -0.1) is 0 Å². The Hall–Kier alpha value is 0.137. The summed E-state index contributed by atoms with van der Waals surface area (Å²) in [6, 6.07) is 0. The van der Waals surface area contributed by atoms with E-state index in [2.05, 4.69) is 48.5 Å². The average Bonchev–Trinajstić information content (AvgIpc) is 2.26. The third-order valence-corrected chi connectivity index (χ3v) is 6.57. The predicted molar refractivity (Wildman–Crippen MR) is 85.1 cm³/mol. The van der Waals surface area contributed by atoms with Crippen molar-refractivity contribution in [1.82, 2.24) is 0 Å². The molecule has 0 amide bonds. The van der Waals surface area contributed by atoms with E-state index < -0.39 is 9.76 Å². The summed E-state index contributed by atoms with van der Waals surface area (Å²) in [5, 5.41) is 10.5. The van der Waals surface area contributed by atoms with Gasteiger partial charge in [0.15, 0.2) is 9.76 Å². The highest BCUT2D eigenvalue weighted by Crippen LogP contribution is 2.43. The van der Waals surface area contributed by atoms with Crippen LogP contribution in [-0.4, -0.2) is 26.6 Å². The van der Waals surface area contributed by atoms with Crippen molar-refractivity contribution in [1.29, 1.82) is 0 Å². The lowest BCUT2D eigenvalue weighted by Gasteiger charge is -2.47. The molecule has 3 heteroatoms. The van der Waals surface area contributed by atoms with E-state index in [1.807, 2.05) is 0 Å². The Morgan fingerprint density at radius 1 is 1.16 bits per heavy atom. The minimum Gasteiger partial charge on any atom is -0.418 e. The summed E-state index contributed by atoms with van der Waals surface area (Å²) in [6.07, 6.45) is 3.01. The molecule has 0 saturated heterocycles. The van der Waals surface area contributed by atoms with Gasteiger partial charge in [0.2, 0.25) is 0 Å². The van der Waals surface area contributed by atoms with Gasteiger partial charge in [-0.05, 0) is 49.5 Å². The fourth-order valence-corrected chi connectivity index (χ4v) is 4.63. The van der Waals surface area contributed by atoms with E-state index in [0.717, 1.165) is 19.3 Å². The van der Waals surface area contributed by atoms with E-state index in [-0.39, 0.29) is 11.7 Å². The van der Waals surface area contributed by atoms with Gasteiger partial charge in [-0.3, -0.25) is 0 Å². The molecule has 0 aliphatic heterocycles. The van der Waals surface area contributed by atoms with Crippen molar-refractivity contribution >= 4 is 9.76 Å². The normalized spacial score (nSPS) is 34.1. The van der Waals surface area contributed by atoms with Crippen molar-refractivity contribution < 1.29 is 9.53 Å². The molecule has 1 N–H and O–H groups in total. The number of rotatable bonds is 4. The quantitative estimate of drug-likeness (QED) is 0.801. The minimum atomic E-state index is -0.521. The van der Waals surface area contributed by atoms with Crippen LogP contribution in [0, 0.1) is 17.8 Å². The second-order valence-electron chi connectivity index (χ2n) is 8.14. The minimum absolute atomic E-state index is 0.0352. The summed E-state index contributed by atoms with van der Waals surface area (Å²) < 4.78 is 6.39. The molecule has 4 atom stereocenters. The van der Waals surface area contributed by atoms with Crippen LogP contribution in [0.5, 0.6) is 0 Å². The molecule has 4 unspecified atom stereocenters. The van der Waals surface area contributed by atoms with Crippen molar-refractivity contribution in [3.63, 3.8) is 0 Å². The number of aliphatic hydroxyl groups excluding tert-OH is 1. The molecule has 0 aromatic heterocycles. The summed E-state index contributed by atoms with van der Waals surface area (Å²) >= 11 is 0. The van der Waals surface area contributed by atoms with E-state index in [4.69, 9.17) is 4.43 Å². The molecule has 2 nitrogen and oxygen atoms in total. The van der Waals surface area contributed by atoms with Crippen LogP contribution in [0.15, 0.2) is 0 Å². The van der Waals surface area contributed by atoms with Crippen LogP contribution in [0.4, 0.5) is 0 Å². The van der Waals surface area contributed by atoms with Gasteiger partial charge in [-0.25, -0.2) is 0 Å². The van der Waals surface area contributed by atoms with Crippen LogP contribution in [0.1, 0.15) is 67.7 Å². The Morgan fingerprint density at radius 3 is 2.21 bits per heavy atom. The summed E-state index contributed by atoms with van der Waals surface area (Å²) in [4.78, 5) is 0. The maximum Gasteiger partial charge on any atom is 0.167 e. The van der Waals surface area contributed by atoms with Crippen LogP contribution in [0.25, 0.3) is 0 Å². The summed E-state index contributed by atoms with van der Waals surface area (Å²) in [5.74, 6) is 1.58. The van der Waals surface area contributed by atoms with Gasteiger partial charge < -0.3 is 9.53 Å². The largest absolute Gasteiger partial charge is 0.418 e. The SMILES string of the molecule is CCC1C(O)CCC(C(C)(C)O[SiH2]C(C)(C)C)C1C. The second kappa shape index (κ2) is 6.27. The molecule has 1 aliphatic rings. The Kier molecular flexibility index (Phi) is 5.68. The molecule has 1 aliphatic carbocycles. The first-order chi connectivity index (χ1) is 8.58. The van der Waals surface area contributed by atoms with Crippen molar-refractivity contribution in [3.8, 4) is 0 Å². The average molecular weight is 287 g/mol. The molecule has 1 rings (SSSR count). The first-order valence-corrected chi connectivity index (χ1v) is 9.19. The smallest absolute Gasteiger partial charge is 0.167 e. The Bertz CT molecular complexity index is 283.